The second-order valence-corrected chi connectivity index (χ2v) is 2.30. The summed E-state index contributed by atoms with van der Waals surface area (Å²) < 4.78 is 12.3. The third-order valence-corrected chi connectivity index (χ3v) is 1.54. The molecular formula is C8H11ClFN. The van der Waals surface area contributed by atoms with Gasteiger partial charge in [-0.3, -0.25) is 0 Å². The van der Waals surface area contributed by atoms with E-state index in [0.717, 1.165) is 5.56 Å². The van der Waals surface area contributed by atoms with Crippen LogP contribution in [0.4, 0.5) is 4.39 Å². The summed E-state index contributed by atoms with van der Waals surface area (Å²) in [6, 6.07) is 4.34. The predicted octanol–water partition coefficient (Wildman–Crippen LogP) is 2.36. The van der Waals surface area contributed by atoms with Gasteiger partial charge in [-0.1, -0.05) is 17.7 Å². The van der Waals surface area contributed by atoms with Crippen LogP contribution in [0.2, 0.25) is 5.02 Å². The standard InChI is InChI=1S/C7H6ClF.CH5N/c1-5-2-3-6(9)4-7(5)8;1-2/h2-4H,1H3;2H2,1H3. The maximum atomic E-state index is 12.3. The van der Waals surface area contributed by atoms with Crippen LogP contribution >= 0.6 is 11.6 Å². The quantitative estimate of drug-likeness (QED) is 0.644. The molecule has 0 unspecified atom stereocenters. The second kappa shape index (κ2) is 5.10. The molecule has 0 amide bonds. The van der Waals surface area contributed by atoms with E-state index in [2.05, 4.69) is 5.73 Å². The molecule has 0 aliphatic heterocycles. The Morgan fingerprint density at radius 3 is 2.27 bits per heavy atom. The van der Waals surface area contributed by atoms with Gasteiger partial charge in [0.25, 0.3) is 0 Å². The van der Waals surface area contributed by atoms with Crippen molar-refractivity contribution in [1.29, 1.82) is 0 Å². The van der Waals surface area contributed by atoms with Crippen LogP contribution in [0.1, 0.15) is 5.56 Å². The molecule has 0 spiro atoms. The van der Waals surface area contributed by atoms with E-state index >= 15 is 0 Å². The van der Waals surface area contributed by atoms with Crippen LogP contribution in [0.25, 0.3) is 0 Å². The van der Waals surface area contributed by atoms with Crippen LogP contribution < -0.4 is 5.73 Å². The number of hydrogen-bond acceptors (Lipinski definition) is 1. The molecule has 0 aliphatic carbocycles. The minimum absolute atomic E-state index is 0.286. The predicted molar refractivity (Wildman–Crippen MR) is 46.3 cm³/mol. The first-order valence-electron chi connectivity index (χ1n) is 3.19. The number of halogens is 2. The lowest BCUT2D eigenvalue weighted by molar-refractivity contribution is 0.627. The molecule has 0 atom stereocenters. The van der Waals surface area contributed by atoms with E-state index in [4.69, 9.17) is 11.6 Å². The van der Waals surface area contributed by atoms with Crippen LogP contribution in [0, 0.1) is 12.7 Å². The topological polar surface area (TPSA) is 26.0 Å². The first kappa shape index (κ1) is 10.4. The summed E-state index contributed by atoms with van der Waals surface area (Å²) in [5.74, 6) is -0.286. The molecule has 0 saturated carbocycles. The molecule has 2 N–H and O–H groups in total. The zero-order valence-electron chi connectivity index (χ0n) is 6.57. The Morgan fingerprint density at radius 2 is 1.91 bits per heavy atom. The van der Waals surface area contributed by atoms with Crippen LogP contribution in [0.15, 0.2) is 18.2 Å². The van der Waals surface area contributed by atoms with Crippen molar-refractivity contribution in [3.05, 3.63) is 34.6 Å². The van der Waals surface area contributed by atoms with Gasteiger partial charge in [-0.15, -0.1) is 0 Å². The second-order valence-electron chi connectivity index (χ2n) is 1.89. The molecule has 0 aromatic heterocycles. The van der Waals surface area contributed by atoms with Gasteiger partial charge in [-0.25, -0.2) is 4.39 Å². The average Bonchev–Trinajstić information content (AvgIpc) is 2.02. The zero-order chi connectivity index (χ0) is 8.85. The monoisotopic (exact) mass is 175 g/mol. The number of aryl methyl sites for hydroxylation is 1. The number of rotatable bonds is 0. The molecule has 0 heterocycles. The van der Waals surface area contributed by atoms with Gasteiger partial charge in [0.15, 0.2) is 0 Å². The lowest BCUT2D eigenvalue weighted by atomic mass is 10.2. The fourth-order valence-corrected chi connectivity index (χ4v) is 0.734. The molecule has 3 heteroatoms. The molecule has 62 valence electrons. The van der Waals surface area contributed by atoms with E-state index in [9.17, 15) is 4.39 Å². The maximum Gasteiger partial charge on any atom is 0.124 e. The Labute approximate surface area is 71.0 Å². The first-order chi connectivity index (χ1) is 5.20. The Balaban J connectivity index is 0.000000461. The molecule has 0 fully saturated rings. The fourth-order valence-electron chi connectivity index (χ4n) is 0.567. The van der Waals surface area contributed by atoms with Crippen LogP contribution in [0.5, 0.6) is 0 Å². The van der Waals surface area contributed by atoms with Gasteiger partial charge in [0, 0.05) is 5.02 Å². The smallest absolute Gasteiger partial charge is 0.124 e. The van der Waals surface area contributed by atoms with Gasteiger partial charge < -0.3 is 5.73 Å². The van der Waals surface area contributed by atoms with E-state index in [0.29, 0.717) is 5.02 Å². The number of nitrogens with two attached hydrogens (primary N) is 1. The van der Waals surface area contributed by atoms with Gasteiger partial charge in [0.05, 0.1) is 0 Å². The van der Waals surface area contributed by atoms with Crippen LogP contribution in [-0.4, -0.2) is 7.05 Å². The summed E-state index contributed by atoms with van der Waals surface area (Å²) in [5.41, 5.74) is 5.40. The molecule has 0 radical (unpaired) electrons. The molecule has 11 heavy (non-hydrogen) atoms. The summed E-state index contributed by atoms with van der Waals surface area (Å²) in [6.45, 7) is 1.84. The minimum Gasteiger partial charge on any atom is -0.333 e. The molecule has 0 saturated heterocycles. The molecule has 1 aromatic carbocycles. The number of benzene rings is 1. The highest BCUT2D eigenvalue weighted by Crippen LogP contribution is 2.14. The Hall–Kier alpha value is -0.600. The summed E-state index contributed by atoms with van der Waals surface area (Å²) >= 11 is 5.57. The third-order valence-electron chi connectivity index (χ3n) is 1.13. The molecular weight excluding hydrogens is 165 g/mol. The van der Waals surface area contributed by atoms with Crippen molar-refractivity contribution >= 4 is 11.6 Å². The molecule has 0 aliphatic rings. The summed E-state index contributed by atoms with van der Waals surface area (Å²) in [4.78, 5) is 0. The van der Waals surface area contributed by atoms with Gasteiger partial charge in [0.2, 0.25) is 0 Å². The van der Waals surface area contributed by atoms with Gasteiger partial charge in [0.1, 0.15) is 5.82 Å². The van der Waals surface area contributed by atoms with E-state index < -0.39 is 0 Å². The largest absolute Gasteiger partial charge is 0.333 e. The van der Waals surface area contributed by atoms with E-state index in [1.165, 1.54) is 19.2 Å². The lowest BCUT2D eigenvalue weighted by Crippen LogP contribution is -1.76. The molecule has 1 nitrogen and oxygen atoms in total. The molecule has 0 bridgehead atoms. The average molecular weight is 176 g/mol. The van der Waals surface area contributed by atoms with Crippen molar-refractivity contribution in [3.8, 4) is 0 Å². The first-order valence-corrected chi connectivity index (χ1v) is 3.57. The van der Waals surface area contributed by atoms with Crippen molar-refractivity contribution in [1.82, 2.24) is 0 Å². The highest BCUT2D eigenvalue weighted by atomic mass is 35.5. The Bertz CT molecular complexity index is 225. The zero-order valence-corrected chi connectivity index (χ0v) is 7.32. The SMILES string of the molecule is CN.Cc1ccc(F)cc1Cl. The molecule has 1 rings (SSSR count). The van der Waals surface area contributed by atoms with Crippen molar-refractivity contribution in [2.45, 2.75) is 6.92 Å². The van der Waals surface area contributed by atoms with Crippen molar-refractivity contribution < 1.29 is 4.39 Å². The minimum atomic E-state index is -0.286. The van der Waals surface area contributed by atoms with Gasteiger partial charge in [-0.2, -0.15) is 0 Å². The van der Waals surface area contributed by atoms with Gasteiger partial charge in [-0.05, 0) is 31.7 Å². The summed E-state index contributed by atoms with van der Waals surface area (Å²) in [7, 11) is 1.50. The van der Waals surface area contributed by atoms with E-state index in [-0.39, 0.29) is 5.82 Å². The highest BCUT2D eigenvalue weighted by Gasteiger charge is 1.94. The van der Waals surface area contributed by atoms with Gasteiger partial charge >= 0.3 is 0 Å². The van der Waals surface area contributed by atoms with Crippen molar-refractivity contribution in [2.75, 3.05) is 7.05 Å². The normalized spacial score (nSPS) is 8.45. The maximum absolute atomic E-state index is 12.3. The summed E-state index contributed by atoms with van der Waals surface area (Å²) in [6.07, 6.45) is 0. The van der Waals surface area contributed by atoms with Crippen LogP contribution in [0.3, 0.4) is 0 Å². The lowest BCUT2D eigenvalue weighted by Gasteiger charge is -1.93. The highest BCUT2D eigenvalue weighted by molar-refractivity contribution is 6.31. The van der Waals surface area contributed by atoms with Crippen LogP contribution in [-0.2, 0) is 0 Å². The van der Waals surface area contributed by atoms with E-state index in [1.54, 1.807) is 6.07 Å². The Morgan fingerprint density at radius 1 is 1.36 bits per heavy atom. The van der Waals surface area contributed by atoms with E-state index in [1.807, 2.05) is 6.92 Å². The fraction of sp³-hybridized carbons (Fsp3) is 0.250. The van der Waals surface area contributed by atoms with Crippen molar-refractivity contribution in [2.24, 2.45) is 5.73 Å². The molecule has 1 aromatic rings. The third kappa shape index (κ3) is 3.35. The van der Waals surface area contributed by atoms with Crippen molar-refractivity contribution in [3.63, 3.8) is 0 Å². The Kier molecular flexibility index (Phi) is 4.83. The number of hydrogen-bond donors (Lipinski definition) is 1. The summed E-state index contributed by atoms with van der Waals surface area (Å²) in [5, 5.41) is 0.481.